The molecule has 1 rings (SSSR count). The fourth-order valence-corrected chi connectivity index (χ4v) is 1.10. The molecule has 0 aliphatic carbocycles. The highest BCUT2D eigenvalue weighted by Crippen LogP contribution is 2.20. The van der Waals surface area contributed by atoms with Crippen molar-refractivity contribution in [2.75, 3.05) is 0 Å². The number of carbonyl (C=O) groups excluding carboxylic acids is 1. The Balaban J connectivity index is 3.15. The summed E-state index contributed by atoms with van der Waals surface area (Å²) in [5, 5.41) is 10.3. The second-order valence-electron chi connectivity index (χ2n) is 1.78. The zero-order chi connectivity index (χ0) is 8.43. The Hall–Kier alpha value is -0.420. The first-order valence-electron chi connectivity index (χ1n) is 2.63. The van der Waals surface area contributed by atoms with Crippen molar-refractivity contribution in [2.45, 2.75) is 0 Å². The van der Waals surface area contributed by atoms with E-state index in [1.165, 1.54) is 12.3 Å². The van der Waals surface area contributed by atoms with Crippen molar-refractivity contribution < 1.29 is 9.90 Å². The minimum Gasteiger partial charge on any atom is -0.545 e. The first kappa shape index (κ1) is 8.67. The van der Waals surface area contributed by atoms with Crippen LogP contribution in [-0.2, 0) is 0 Å². The van der Waals surface area contributed by atoms with Gasteiger partial charge in [0.2, 0.25) is 0 Å². The van der Waals surface area contributed by atoms with E-state index in [2.05, 4.69) is 36.8 Å². The minimum absolute atomic E-state index is 0.0556. The SMILES string of the molecule is O=C([O-])c1cnc(Br)c(Br)c1. The number of hydrogen-bond acceptors (Lipinski definition) is 3. The van der Waals surface area contributed by atoms with Gasteiger partial charge in [-0.1, -0.05) is 0 Å². The third-order valence-corrected chi connectivity index (χ3v) is 2.80. The predicted molar refractivity (Wildman–Crippen MR) is 44.0 cm³/mol. The molecule has 3 nitrogen and oxygen atoms in total. The molecular formula is C6H2Br2NO2-. The monoisotopic (exact) mass is 278 g/mol. The fourth-order valence-electron chi connectivity index (χ4n) is 0.533. The van der Waals surface area contributed by atoms with Crippen LogP contribution in [0.5, 0.6) is 0 Å². The average Bonchev–Trinajstić information content (AvgIpc) is 1.94. The Labute approximate surface area is 79.7 Å². The summed E-state index contributed by atoms with van der Waals surface area (Å²) >= 11 is 6.22. The number of halogens is 2. The number of nitrogens with zero attached hydrogens (tertiary/aromatic N) is 1. The third-order valence-electron chi connectivity index (χ3n) is 1.03. The lowest BCUT2D eigenvalue weighted by atomic mass is 10.3. The van der Waals surface area contributed by atoms with Gasteiger partial charge in [-0.05, 0) is 37.9 Å². The molecule has 1 heterocycles. The van der Waals surface area contributed by atoms with Gasteiger partial charge in [-0.15, -0.1) is 0 Å². The van der Waals surface area contributed by atoms with Crippen molar-refractivity contribution in [3.8, 4) is 0 Å². The van der Waals surface area contributed by atoms with Gasteiger partial charge in [0.05, 0.1) is 10.4 Å². The second kappa shape index (κ2) is 3.32. The van der Waals surface area contributed by atoms with Crippen molar-refractivity contribution in [1.82, 2.24) is 4.98 Å². The highest BCUT2D eigenvalue weighted by molar-refractivity contribution is 9.13. The summed E-state index contributed by atoms with van der Waals surface area (Å²) in [6.07, 6.45) is 1.23. The van der Waals surface area contributed by atoms with Crippen LogP contribution in [0.3, 0.4) is 0 Å². The summed E-state index contributed by atoms with van der Waals surface area (Å²) < 4.78 is 1.17. The van der Waals surface area contributed by atoms with Crippen LogP contribution in [0.15, 0.2) is 21.3 Å². The molecule has 58 valence electrons. The number of carboxylic acids is 1. The largest absolute Gasteiger partial charge is 0.545 e. The average molecular weight is 280 g/mol. The van der Waals surface area contributed by atoms with Crippen LogP contribution >= 0.6 is 31.9 Å². The second-order valence-corrected chi connectivity index (χ2v) is 3.39. The standard InChI is InChI=1S/C6H3Br2NO2/c7-4-1-3(6(10)11)2-9-5(4)8/h1-2H,(H,10,11)/p-1. The van der Waals surface area contributed by atoms with E-state index in [1.807, 2.05) is 0 Å². The van der Waals surface area contributed by atoms with Crippen LogP contribution in [0.2, 0.25) is 0 Å². The number of rotatable bonds is 1. The molecule has 0 saturated heterocycles. The zero-order valence-electron chi connectivity index (χ0n) is 5.17. The van der Waals surface area contributed by atoms with Gasteiger partial charge in [0.25, 0.3) is 0 Å². The molecule has 5 heteroatoms. The van der Waals surface area contributed by atoms with Crippen molar-refractivity contribution in [2.24, 2.45) is 0 Å². The molecule has 0 fully saturated rings. The Bertz CT molecular complexity index is 301. The molecule has 0 radical (unpaired) electrons. The number of hydrogen-bond donors (Lipinski definition) is 0. The number of aromatic carboxylic acids is 1. The Morgan fingerprint density at radius 1 is 1.55 bits per heavy atom. The van der Waals surface area contributed by atoms with Gasteiger partial charge in [-0.2, -0.15) is 0 Å². The highest BCUT2D eigenvalue weighted by atomic mass is 79.9. The molecule has 0 atom stereocenters. The van der Waals surface area contributed by atoms with E-state index < -0.39 is 5.97 Å². The number of carbonyl (C=O) groups is 1. The molecule has 0 unspecified atom stereocenters. The molecule has 0 aliphatic rings. The Morgan fingerprint density at radius 2 is 2.18 bits per heavy atom. The van der Waals surface area contributed by atoms with Crippen LogP contribution < -0.4 is 5.11 Å². The molecule has 0 amide bonds. The molecule has 0 spiro atoms. The van der Waals surface area contributed by atoms with E-state index in [1.54, 1.807) is 0 Å². The molecule has 1 aromatic heterocycles. The minimum atomic E-state index is -1.23. The first-order valence-corrected chi connectivity index (χ1v) is 4.22. The van der Waals surface area contributed by atoms with Gasteiger partial charge in [0.1, 0.15) is 4.60 Å². The lowest BCUT2D eigenvalue weighted by Gasteiger charge is -2.01. The molecular weight excluding hydrogens is 278 g/mol. The third kappa shape index (κ3) is 2.00. The summed E-state index contributed by atoms with van der Waals surface area (Å²) in [5.74, 6) is -1.23. The molecule has 0 bridgehead atoms. The molecule has 11 heavy (non-hydrogen) atoms. The predicted octanol–water partition coefficient (Wildman–Crippen LogP) is 0.970. The molecule has 0 aliphatic heterocycles. The van der Waals surface area contributed by atoms with Gasteiger partial charge >= 0.3 is 0 Å². The quantitative estimate of drug-likeness (QED) is 0.720. The molecule has 1 aromatic rings. The Morgan fingerprint density at radius 3 is 2.64 bits per heavy atom. The lowest BCUT2D eigenvalue weighted by Crippen LogP contribution is -2.22. The maximum absolute atomic E-state index is 10.3. The van der Waals surface area contributed by atoms with E-state index in [9.17, 15) is 9.90 Å². The number of pyridine rings is 1. The number of carboxylic acid groups (broad SMARTS) is 1. The summed E-state index contributed by atoms with van der Waals surface area (Å²) in [5.41, 5.74) is 0.0556. The first-order chi connectivity index (χ1) is 5.11. The molecule has 0 aromatic carbocycles. The van der Waals surface area contributed by atoms with Crippen LogP contribution in [0.4, 0.5) is 0 Å². The van der Waals surface area contributed by atoms with Gasteiger partial charge in [-0.25, -0.2) is 4.98 Å². The van der Waals surface area contributed by atoms with Gasteiger partial charge in [0.15, 0.2) is 0 Å². The molecule has 0 N–H and O–H groups in total. The fraction of sp³-hybridized carbons (Fsp3) is 0. The van der Waals surface area contributed by atoms with E-state index in [0.717, 1.165) is 0 Å². The maximum Gasteiger partial charge on any atom is 0.120 e. The topological polar surface area (TPSA) is 53.0 Å². The summed E-state index contributed by atoms with van der Waals surface area (Å²) in [7, 11) is 0. The van der Waals surface area contributed by atoms with Crippen LogP contribution in [0.1, 0.15) is 10.4 Å². The van der Waals surface area contributed by atoms with Crippen molar-refractivity contribution in [3.63, 3.8) is 0 Å². The summed E-state index contributed by atoms with van der Waals surface area (Å²) in [6, 6.07) is 1.42. The smallest absolute Gasteiger partial charge is 0.120 e. The van der Waals surface area contributed by atoms with Gasteiger partial charge in [-0.3, -0.25) is 0 Å². The molecule has 0 saturated carbocycles. The highest BCUT2D eigenvalue weighted by Gasteiger charge is 1.99. The lowest BCUT2D eigenvalue weighted by molar-refractivity contribution is -0.255. The van der Waals surface area contributed by atoms with Crippen molar-refractivity contribution in [1.29, 1.82) is 0 Å². The van der Waals surface area contributed by atoms with Crippen LogP contribution in [0, 0.1) is 0 Å². The van der Waals surface area contributed by atoms with E-state index in [0.29, 0.717) is 9.08 Å². The van der Waals surface area contributed by atoms with E-state index in [-0.39, 0.29) is 5.56 Å². The van der Waals surface area contributed by atoms with E-state index >= 15 is 0 Å². The van der Waals surface area contributed by atoms with Gasteiger partial charge < -0.3 is 9.90 Å². The van der Waals surface area contributed by atoms with Gasteiger partial charge in [0, 0.05) is 11.8 Å². The number of aromatic nitrogens is 1. The van der Waals surface area contributed by atoms with Crippen molar-refractivity contribution in [3.05, 3.63) is 26.9 Å². The zero-order valence-corrected chi connectivity index (χ0v) is 8.35. The van der Waals surface area contributed by atoms with Crippen LogP contribution in [-0.4, -0.2) is 11.0 Å². The maximum atomic E-state index is 10.3. The summed E-state index contributed by atoms with van der Waals surface area (Å²) in [6.45, 7) is 0. The van der Waals surface area contributed by atoms with Crippen molar-refractivity contribution >= 4 is 37.8 Å². The normalized spacial score (nSPS) is 9.64. The van der Waals surface area contributed by atoms with Crippen LogP contribution in [0.25, 0.3) is 0 Å². The summed E-state index contributed by atoms with van der Waals surface area (Å²) in [4.78, 5) is 14.0. The Kier molecular flexibility index (Phi) is 2.62. The van der Waals surface area contributed by atoms with E-state index in [4.69, 9.17) is 0 Å².